The van der Waals surface area contributed by atoms with E-state index in [1.807, 2.05) is 12.1 Å². The zero-order chi connectivity index (χ0) is 26.6. The van der Waals surface area contributed by atoms with Gasteiger partial charge in [0, 0.05) is 22.3 Å². The first-order valence-electron chi connectivity index (χ1n) is 13.5. The molecule has 0 saturated carbocycles. The molecule has 0 aliphatic heterocycles. The summed E-state index contributed by atoms with van der Waals surface area (Å²) in [7, 11) is 0. The fraction of sp³-hybridized carbons (Fsp3) is 0.0811. The van der Waals surface area contributed by atoms with Gasteiger partial charge in [-0.3, -0.25) is 0 Å². The monoisotopic (exact) mass is 502 g/mol. The Morgan fingerprint density at radius 2 is 0.769 bits per heavy atom. The van der Waals surface area contributed by atoms with Gasteiger partial charge in [-0.1, -0.05) is 146 Å². The lowest BCUT2D eigenvalue weighted by Crippen LogP contribution is -2.03. The van der Waals surface area contributed by atoms with E-state index in [0.717, 1.165) is 45.9 Å². The van der Waals surface area contributed by atoms with Crippen LogP contribution in [0.25, 0.3) is 56.2 Å². The lowest BCUT2D eigenvalue weighted by Gasteiger charge is -2.16. The fourth-order valence-electron chi connectivity index (χ4n) is 5.03. The van der Waals surface area contributed by atoms with Gasteiger partial charge in [-0.25, -0.2) is 9.97 Å². The Kier molecular flexibility index (Phi) is 6.84. The zero-order valence-electron chi connectivity index (χ0n) is 22.3. The third kappa shape index (κ3) is 5.15. The van der Waals surface area contributed by atoms with E-state index in [-0.39, 0.29) is 0 Å². The van der Waals surface area contributed by atoms with E-state index in [1.165, 1.54) is 27.8 Å². The number of hydrogen-bond donors (Lipinski definition) is 0. The van der Waals surface area contributed by atoms with Crippen molar-refractivity contribution in [1.29, 1.82) is 0 Å². The van der Waals surface area contributed by atoms with Gasteiger partial charge in [0.25, 0.3) is 0 Å². The summed E-state index contributed by atoms with van der Waals surface area (Å²) < 4.78 is 0. The molecule has 0 aliphatic rings. The summed E-state index contributed by atoms with van der Waals surface area (Å²) in [6, 6.07) is 46.9. The highest BCUT2D eigenvalue weighted by molar-refractivity contribution is 5.78. The number of nitrogens with zero attached hydrogens (tertiary/aromatic N) is 2. The Morgan fingerprint density at radius 1 is 0.410 bits per heavy atom. The Bertz CT molecular complexity index is 1690. The third-order valence-corrected chi connectivity index (χ3v) is 7.20. The summed E-state index contributed by atoms with van der Waals surface area (Å²) in [6.07, 6.45) is 0.839. The van der Waals surface area contributed by atoms with Gasteiger partial charge in [-0.05, 0) is 35.6 Å². The predicted octanol–water partition coefficient (Wildman–Crippen LogP) is 9.68. The second-order valence-corrected chi connectivity index (χ2v) is 9.83. The van der Waals surface area contributed by atoms with Gasteiger partial charge in [0.05, 0.1) is 11.4 Å². The molecule has 1 heterocycles. The smallest absolute Gasteiger partial charge is 0.160 e. The van der Waals surface area contributed by atoms with Crippen LogP contribution in [0, 0.1) is 6.92 Å². The van der Waals surface area contributed by atoms with Crippen molar-refractivity contribution in [3.63, 3.8) is 0 Å². The average Bonchev–Trinajstić information content (AvgIpc) is 3.02. The van der Waals surface area contributed by atoms with E-state index in [2.05, 4.69) is 135 Å². The van der Waals surface area contributed by atoms with Crippen LogP contribution in [-0.2, 0) is 6.42 Å². The first-order chi connectivity index (χ1) is 19.2. The highest BCUT2D eigenvalue weighted by atomic mass is 14.9. The van der Waals surface area contributed by atoms with E-state index < -0.39 is 0 Å². The second-order valence-electron chi connectivity index (χ2n) is 9.83. The van der Waals surface area contributed by atoms with Crippen molar-refractivity contribution in [2.45, 2.75) is 20.3 Å². The van der Waals surface area contributed by atoms with Gasteiger partial charge in [0.15, 0.2) is 5.82 Å². The van der Waals surface area contributed by atoms with Crippen molar-refractivity contribution in [2.75, 3.05) is 0 Å². The quantitative estimate of drug-likeness (QED) is 0.226. The molecule has 2 nitrogen and oxygen atoms in total. The van der Waals surface area contributed by atoms with Crippen LogP contribution in [0.4, 0.5) is 0 Å². The van der Waals surface area contributed by atoms with E-state index in [1.54, 1.807) is 0 Å². The van der Waals surface area contributed by atoms with Crippen LogP contribution in [0.1, 0.15) is 18.1 Å². The minimum Gasteiger partial charge on any atom is -0.228 e. The minimum atomic E-state index is 0.740. The summed E-state index contributed by atoms with van der Waals surface area (Å²) in [5.74, 6) is 0.740. The average molecular weight is 503 g/mol. The molecule has 0 atom stereocenters. The summed E-state index contributed by atoms with van der Waals surface area (Å²) in [6.45, 7) is 4.30. The molecule has 0 bridgehead atoms. The summed E-state index contributed by atoms with van der Waals surface area (Å²) in [5, 5.41) is 0. The molecule has 6 rings (SSSR count). The number of aromatic nitrogens is 2. The third-order valence-electron chi connectivity index (χ3n) is 7.20. The van der Waals surface area contributed by atoms with Crippen molar-refractivity contribution >= 4 is 0 Å². The zero-order valence-corrected chi connectivity index (χ0v) is 22.3. The largest absolute Gasteiger partial charge is 0.228 e. The van der Waals surface area contributed by atoms with E-state index in [0.29, 0.717) is 0 Å². The van der Waals surface area contributed by atoms with E-state index in [9.17, 15) is 0 Å². The molecule has 0 amide bonds. The first kappa shape index (κ1) is 24.5. The standard InChI is InChI=1S/C37H30N2/c1-3-34-35(31-16-14-26(2)15-17-31)38-37(33-24-20-30(21-25-33)28-12-8-5-9-13-28)39-36(34)32-22-18-29(19-23-32)27-10-6-4-7-11-27/h4-25H,3H2,1-2H3. The maximum Gasteiger partial charge on any atom is 0.160 e. The molecule has 0 saturated heterocycles. The number of aryl methyl sites for hydroxylation is 1. The maximum absolute atomic E-state index is 5.18. The SMILES string of the molecule is CCc1c(-c2ccc(C)cc2)nc(-c2ccc(-c3ccccc3)cc2)nc1-c1ccc(-c2ccccc2)cc1. The Labute approximate surface area is 230 Å². The predicted molar refractivity (Wildman–Crippen MR) is 163 cm³/mol. The molecular weight excluding hydrogens is 472 g/mol. The second kappa shape index (κ2) is 10.9. The Balaban J connectivity index is 1.48. The minimum absolute atomic E-state index is 0.740. The number of rotatable bonds is 6. The van der Waals surface area contributed by atoms with Crippen molar-refractivity contribution in [2.24, 2.45) is 0 Å². The highest BCUT2D eigenvalue weighted by Crippen LogP contribution is 2.34. The molecule has 2 heteroatoms. The first-order valence-corrected chi connectivity index (χ1v) is 13.5. The van der Waals surface area contributed by atoms with Crippen molar-refractivity contribution in [3.8, 4) is 56.2 Å². The molecule has 0 N–H and O–H groups in total. The van der Waals surface area contributed by atoms with Crippen molar-refractivity contribution in [3.05, 3.63) is 145 Å². The lowest BCUT2D eigenvalue weighted by molar-refractivity contribution is 1.06. The van der Waals surface area contributed by atoms with Gasteiger partial charge >= 0.3 is 0 Å². The molecule has 6 aromatic rings. The van der Waals surface area contributed by atoms with Crippen LogP contribution in [0.5, 0.6) is 0 Å². The molecule has 5 aromatic carbocycles. The molecule has 0 aliphatic carbocycles. The van der Waals surface area contributed by atoms with Gasteiger partial charge in [0.2, 0.25) is 0 Å². The molecule has 0 unspecified atom stereocenters. The van der Waals surface area contributed by atoms with Crippen LogP contribution in [0.3, 0.4) is 0 Å². The normalized spacial score (nSPS) is 10.9. The number of hydrogen-bond acceptors (Lipinski definition) is 2. The van der Waals surface area contributed by atoms with Gasteiger partial charge < -0.3 is 0 Å². The summed E-state index contributed by atoms with van der Waals surface area (Å²) >= 11 is 0. The van der Waals surface area contributed by atoms with Crippen LogP contribution in [0.15, 0.2) is 133 Å². The number of benzene rings is 5. The van der Waals surface area contributed by atoms with Crippen LogP contribution in [-0.4, -0.2) is 9.97 Å². The lowest BCUT2D eigenvalue weighted by atomic mass is 9.96. The van der Waals surface area contributed by atoms with Crippen molar-refractivity contribution in [1.82, 2.24) is 9.97 Å². The highest BCUT2D eigenvalue weighted by Gasteiger charge is 2.17. The Morgan fingerprint density at radius 3 is 1.21 bits per heavy atom. The molecule has 1 aromatic heterocycles. The molecule has 0 fully saturated rings. The molecular formula is C37H30N2. The molecule has 0 radical (unpaired) electrons. The van der Waals surface area contributed by atoms with Crippen LogP contribution < -0.4 is 0 Å². The van der Waals surface area contributed by atoms with E-state index >= 15 is 0 Å². The van der Waals surface area contributed by atoms with Crippen LogP contribution >= 0.6 is 0 Å². The maximum atomic E-state index is 5.18. The van der Waals surface area contributed by atoms with Gasteiger partial charge in [-0.2, -0.15) is 0 Å². The molecule has 39 heavy (non-hydrogen) atoms. The molecule has 188 valence electrons. The topological polar surface area (TPSA) is 25.8 Å². The van der Waals surface area contributed by atoms with Gasteiger partial charge in [0.1, 0.15) is 0 Å². The van der Waals surface area contributed by atoms with E-state index in [4.69, 9.17) is 9.97 Å². The summed E-state index contributed by atoms with van der Waals surface area (Å²) in [5.41, 5.74) is 12.4. The van der Waals surface area contributed by atoms with Gasteiger partial charge in [-0.15, -0.1) is 0 Å². The van der Waals surface area contributed by atoms with Crippen molar-refractivity contribution < 1.29 is 0 Å². The van der Waals surface area contributed by atoms with Crippen LogP contribution in [0.2, 0.25) is 0 Å². The fourth-order valence-corrected chi connectivity index (χ4v) is 5.03. The Hall–Kier alpha value is -4.82. The molecule has 0 spiro atoms. The summed E-state index contributed by atoms with van der Waals surface area (Å²) in [4.78, 5) is 10.3.